The Kier molecular flexibility index (Phi) is 7.19. The van der Waals surface area contributed by atoms with E-state index in [0.29, 0.717) is 32.5 Å². The predicted molar refractivity (Wildman–Crippen MR) is 150 cm³/mol. The molecule has 0 bridgehead atoms. The van der Waals surface area contributed by atoms with Crippen molar-refractivity contribution in [3.63, 3.8) is 0 Å². The number of hydrogen-bond donors (Lipinski definition) is 3. The molecule has 3 N–H and O–H groups in total. The lowest BCUT2D eigenvalue weighted by atomic mass is 10.1. The smallest absolute Gasteiger partial charge is 0.257 e. The van der Waals surface area contributed by atoms with E-state index in [4.69, 9.17) is 50.8 Å². The summed E-state index contributed by atoms with van der Waals surface area (Å²) in [7, 11) is 0. The van der Waals surface area contributed by atoms with Gasteiger partial charge in [0.2, 0.25) is 5.89 Å². The molecule has 0 aliphatic heterocycles. The molecule has 0 unspecified atom stereocenters. The largest absolute Gasteiger partial charge is 0.507 e. The normalized spacial score (nSPS) is 10.9. The second-order valence-corrected chi connectivity index (χ2v) is 9.78. The molecular weight excluding hydrogens is 572 g/mol. The fraction of sp³-hybridized carbons (Fsp3) is 0. The lowest BCUT2D eigenvalue weighted by Crippen LogP contribution is -2.12. The number of phenols is 1. The summed E-state index contributed by atoms with van der Waals surface area (Å²) >= 11 is 24.1. The van der Waals surface area contributed by atoms with Crippen LogP contribution in [0.2, 0.25) is 20.1 Å². The number of rotatable bonds is 5. The first-order valence-corrected chi connectivity index (χ1v) is 12.5. The van der Waals surface area contributed by atoms with Crippen molar-refractivity contribution in [2.75, 3.05) is 10.6 Å². The Morgan fingerprint density at radius 2 is 1.26 bits per heavy atom. The van der Waals surface area contributed by atoms with E-state index in [1.807, 2.05) is 0 Å². The van der Waals surface area contributed by atoms with E-state index in [9.17, 15) is 14.7 Å². The number of aromatic hydroxyl groups is 1. The number of hydrogen-bond acceptors (Lipinski definition) is 5. The second-order valence-electron chi connectivity index (χ2n) is 8.09. The average Bonchev–Trinajstić information content (AvgIpc) is 3.28. The molecule has 0 aliphatic rings. The third kappa shape index (κ3) is 5.42. The molecule has 5 aromatic rings. The first kappa shape index (κ1) is 25.9. The standard InChI is InChI=1S/C27H15Cl4N3O4/c28-13-1-5-17(20(30)9-13)25(36)32-15-3-7-23(35)19(11-15)27-34-22-12-16(4-8-24(22)38-27)33-26(37)18-6-2-14(29)10-21(18)31/h1-12,35H,(H,32,36)(H,33,37). The van der Waals surface area contributed by atoms with E-state index < -0.39 is 11.8 Å². The summed E-state index contributed by atoms with van der Waals surface area (Å²) in [6.45, 7) is 0. The number of aromatic nitrogens is 1. The molecule has 0 aliphatic carbocycles. The summed E-state index contributed by atoms with van der Waals surface area (Å²) in [4.78, 5) is 29.8. The number of halogens is 4. The van der Waals surface area contributed by atoms with Gasteiger partial charge in [0.25, 0.3) is 11.8 Å². The summed E-state index contributed by atoms with van der Waals surface area (Å²) in [5, 5.41) is 17.2. The van der Waals surface area contributed by atoms with Crippen molar-refractivity contribution in [2.24, 2.45) is 0 Å². The molecule has 7 nitrogen and oxygen atoms in total. The molecule has 5 rings (SSSR count). The molecular formula is C27H15Cl4N3O4. The highest BCUT2D eigenvalue weighted by Gasteiger charge is 2.17. The Morgan fingerprint density at radius 1 is 0.711 bits per heavy atom. The van der Waals surface area contributed by atoms with E-state index in [2.05, 4.69) is 15.6 Å². The Labute approximate surface area is 235 Å². The number of fused-ring (bicyclic) bond motifs is 1. The van der Waals surface area contributed by atoms with Crippen molar-refractivity contribution in [3.8, 4) is 17.2 Å². The highest BCUT2D eigenvalue weighted by Crippen LogP contribution is 2.34. The van der Waals surface area contributed by atoms with Crippen LogP contribution in [0.15, 0.2) is 77.2 Å². The van der Waals surface area contributed by atoms with Crippen LogP contribution < -0.4 is 10.6 Å². The lowest BCUT2D eigenvalue weighted by Gasteiger charge is -2.09. The van der Waals surface area contributed by atoms with Gasteiger partial charge in [-0.15, -0.1) is 0 Å². The number of amides is 2. The minimum atomic E-state index is -0.456. The average molecular weight is 587 g/mol. The van der Waals surface area contributed by atoms with Gasteiger partial charge in [-0.2, -0.15) is 0 Å². The minimum Gasteiger partial charge on any atom is -0.507 e. The van der Waals surface area contributed by atoms with Crippen molar-refractivity contribution in [2.45, 2.75) is 0 Å². The number of anilines is 2. The zero-order valence-electron chi connectivity index (χ0n) is 19.1. The number of carbonyl (C=O) groups is 2. The monoisotopic (exact) mass is 585 g/mol. The highest BCUT2D eigenvalue weighted by molar-refractivity contribution is 6.37. The second kappa shape index (κ2) is 10.6. The molecule has 1 aromatic heterocycles. The quantitative estimate of drug-likeness (QED) is 0.180. The third-order valence-electron chi connectivity index (χ3n) is 5.48. The summed E-state index contributed by atoms with van der Waals surface area (Å²) in [5.74, 6) is -0.869. The molecule has 190 valence electrons. The Balaban J connectivity index is 1.39. The molecule has 0 saturated carbocycles. The van der Waals surface area contributed by atoms with Gasteiger partial charge in [0, 0.05) is 21.4 Å². The van der Waals surface area contributed by atoms with Gasteiger partial charge in [-0.05, 0) is 72.8 Å². The van der Waals surface area contributed by atoms with Crippen molar-refractivity contribution >= 4 is 80.7 Å². The lowest BCUT2D eigenvalue weighted by molar-refractivity contribution is 0.101. The number of nitrogens with zero attached hydrogens (tertiary/aromatic N) is 1. The van der Waals surface area contributed by atoms with Crippen LogP contribution in [0.5, 0.6) is 5.75 Å². The molecule has 0 radical (unpaired) electrons. The molecule has 38 heavy (non-hydrogen) atoms. The van der Waals surface area contributed by atoms with Crippen LogP contribution >= 0.6 is 46.4 Å². The van der Waals surface area contributed by atoms with Crippen LogP contribution in [0.25, 0.3) is 22.6 Å². The number of benzene rings is 4. The van der Waals surface area contributed by atoms with E-state index >= 15 is 0 Å². The number of phenolic OH excluding ortho intramolecular Hbond substituents is 1. The SMILES string of the molecule is O=C(Nc1ccc(O)c(-c2nc3cc(NC(=O)c4ccc(Cl)cc4Cl)ccc3o2)c1)c1ccc(Cl)cc1Cl. The van der Waals surface area contributed by atoms with Crippen molar-refractivity contribution in [3.05, 3.63) is 104 Å². The predicted octanol–water partition coefficient (Wildman–Crippen LogP) is 8.32. The Hall–Kier alpha value is -3.75. The maximum Gasteiger partial charge on any atom is 0.257 e. The van der Waals surface area contributed by atoms with E-state index in [-0.39, 0.29) is 38.4 Å². The fourth-order valence-corrected chi connectivity index (χ4v) is 4.64. The van der Waals surface area contributed by atoms with Gasteiger partial charge >= 0.3 is 0 Å². The molecule has 0 fully saturated rings. The maximum atomic E-state index is 12.7. The highest BCUT2D eigenvalue weighted by atomic mass is 35.5. The maximum absolute atomic E-state index is 12.7. The van der Waals surface area contributed by atoms with Crippen molar-refractivity contribution < 1.29 is 19.1 Å². The van der Waals surface area contributed by atoms with Crippen molar-refractivity contribution in [1.82, 2.24) is 4.98 Å². The van der Waals surface area contributed by atoms with Gasteiger partial charge < -0.3 is 20.2 Å². The Bertz CT molecular complexity index is 1740. The van der Waals surface area contributed by atoms with E-state index in [1.165, 1.54) is 42.5 Å². The topological polar surface area (TPSA) is 104 Å². The number of carbonyl (C=O) groups excluding carboxylic acids is 2. The molecule has 0 saturated heterocycles. The van der Waals surface area contributed by atoms with E-state index in [0.717, 1.165) is 0 Å². The van der Waals surface area contributed by atoms with Crippen LogP contribution in [-0.4, -0.2) is 21.9 Å². The van der Waals surface area contributed by atoms with Gasteiger partial charge in [0.05, 0.1) is 26.7 Å². The molecule has 0 spiro atoms. The van der Waals surface area contributed by atoms with Crippen LogP contribution in [0.3, 0.4) is 0 Å². The zero-order chi connectivity index (χ0) is 27.0. The van der Waals surface area contributed by atoms with E-state index in [1.54, 1.807) is 30.3 Å². The zero-order valence-corrected chi connectivity index (χ0v) is 22.1. The molecule has 11 heteroatoms. The Morgan fingerprint density at radius 3 is 1.84 bits per heavy atom. The molecule has 1 heterocycles. The molecule has 0 atom stereocenters. The first-order valence-electron chi connectivity index (χ1n) is 10.9. The molecule has 4 aromatic carbocycles. The summed E-state index contributed by atoms with van der Waals surface area (Å²) < 4.78 is 5.82. The third-order valence-corrected chi connectivity index (χ3v) is 6.58. The van der Waals surface area contributed by atoms with Crippen LogP contribution in [0.1, 0.15) is 20.7 Å². The minimum absolute atomic E-state index is 0.106. The van der Waals surface area contributed by atoms with Gasteiger partial charge in [-0.3, -0.25) is 9.59 Å². The number of oxazole rings is 1. The van der Waals surface area contributed by atoms with Crippen LogP contribution in [0, 0.1) is 0 Å². The first-order chi connectivity index (χ1) is 18.2. The van der Waals surface area contributed by atoms with Crippen LogP contribution in [-0.2, 0) is 0 Å². The van der Waals surface area contributed by atoms with Gasteiger partial charge in [-0.1, -0.05) is 46.4 Å². The van der Waals surface area contributed by atoms with Crippen LogP contribution in [0.4, 0.5) is 11.4 Å². The van der Waals surface area contributed by atoms with Crippen molar-refractivity contribution in [1.29, 1.82) is 0 Å². The van der Waals surface area contributed by atoms with Gasteiger partial charge in [-0.25, -0.2) is 4.98 Å². The number of nitrogens with one attached hydrogen (secondary N) is 2. The summed E-state index contributed by atoms with van der Waals surface area (Å²) in [5.41, 5.74) is 2.44. The summed E-state index contributed by atoms with van der Waals surface area (Å²) in [6, 6.07) is 18.5. The molecule has 2 amide bonds. The van der Waals surface area contributed by atoms with Gasteiger partial charge in [0.15, 0.2) is 5.58 Å². The van der Waals surface area contributed by atoms with Gasteiger partial charge in [0.1, 0.15) is 11.3 Å². The fourth-order valence-electron chi connectivity index (χ4n) is 3.65. The summed E-state index contributed by atoms with van der Waals surface area (Å²) in [6.07, 6.45) is 0.